The molecule has 13 nitrogen and oxygen atoms in total. The molecule has 1 unspecified atom stereocenters. The maximum atomic E-state index is 14.3. The van der Waals surface area contributed by atoms with Crippen LogP contribution in [0.3, 0.4) is 0 Å². The molecule has 0 aromatic heterocycles. The maximum Gasteiger partial charge on any atom is 0.255 e. The number of ketones is 2. The molecule has 1 heterocycles. The molecule has 0 spiro atoms. The zero-order valence-corrected chi connectivity index (χ0v) is 25.0. The van der Waals surface area contributed by atoms with Crippen LogP contribution in [0.5, 0.6) is 11.5 Å². The second kappa shape index (κ2) is 11.1. The first-order valence-corrected chi connectivity index (χ1v) is 14.9. The normalized spacial score (nSPS) is 27.3. The van der Waals surface area contributed by atoms with Gasteiger partial charge in [0.15, 0.2) is 11.4 Å². The summed E-state index contributed by atoms with van der Waals surface area (Å²) >= 11 is 0. The number of ether oxygens (including phenoxy) is 1. The zero-order valence-electron chi connectivity index (χ0n) is 25.0. The van der Waals surface area contributed by atoms with Crippen LogP contribution < -0.4 is 10.5 Å². The number of hydrogen-bond donors (Lipinski definition) is 7. The Labute approximate surface area is 258 Å². The van der Waals surface area contributed by atoms with E-state index in [1.54, 1.807) is 26.2 Å². The molecule has 2 aromatic carbocycles. The van der Waals surface area contributed by atoms with Gasteiger partial charge in [-0.15, -0.1) is 0 Å². The predicted octanol–water partition coefficient (Wildman–Crippen LogP) is 0.212. The Balaban J connectivity index is 1.54. The number of allylic oxidation sites excluding steroid dienone is 1. The number of amides is 1. The number of phenols is 1. The molecule has 45 heavy (non-hydrogen) atoms. The molecule has 13 heteroatoms. The fourth-order valence-electron chi connectivity index (χ4n) is 7.42. The van der Waals surface area contributed by atoms with E-state index in [0.29, 0.717) is 22.9 Å². The summed E-state index contributed by atoms with van der Waals surface area (Å²) in [6.07, 6.45) is -0.175. The molecule has 2 aromatic rings. The van der Waals surface area contributed by atoms with E-state index in [2.05, 4.69) is 4.90 Å². The molecule has 1 saturated heterocycles. The summed E-state index contributed by atoms with van der Waals surface area (Å²) in [7, 11) is 3.12. The third-order valence-electron chi connectivity index (χ3n) is 9.70. The van der Waals surface area contributed by atoms with Crippen molar-refractivity contribution in [1.82, 2.24) is 9.80 Å². The average Bonchev–Trinajstić information content (AvgIpc) is 2.96. The molecule has 6 rings (SSSR count). The van der Waals surface area contributed by atoms with E-state index < -0.39 is 70.8 Å². The average molecular weight is 624 g/mol. The molecule has 1 amide bonds. The van der Waals surface area contributed by atoms with Gasteiger partial charge in [-0.05, 0) is 64.0 Å². The van der Waals surface area contributed by atoms with Crippen LogP contribution in [0.15, 0.2) is 40.9 Å². The van der Waals surface area contributed by atoms with E-state index in [1.165, 1.54) is 4.90 Å². The fraction of sp³-hybridized carbons (Fsp3) is 0.469. The van der Waals surface area contributed by atoms with Gasteiger partial charge in [0.25, 0.3) is 5.91 Å². The largest absolute Gasteiger partial charge is 0.510 e. The molecule has 5 atom stereocenters. The number of aromatic hydroxyl groups is 1. The highest BCUT2D eigenvalue weighted by molar-refractivity contribution is 6.25. The van der Waals surface area contributed by atoms with Crippen LogP contribution in [-0.4, -0.2) is 116 Å². The lowest BCUT2D eigenvalue weighted by Gasteiger charge is -2.50. The number of carbonyl (C=O) groups is 3. The second-order valence-corrected chi connectivity index (χ2v) is 12.7. The number of likely N-dealkylation sites (N-methyl/N-ethyl adjacent to an activating group) is 1. The Bertz CT molecular complexity index is 1690. The summed E-state index contributed by atoms with van der Waals surface area (Å²) in [6, 6.07) is 4.30. The van der Waals surface area contributed by atoms with Crippen LogP contribution in [0.4, 0.5) is 0 Å². The minimum Gasteiger partial charge on any atom is -0.510 e. The van der Waals surface area contributed by atoms with Crippen molar-refractivity contribution in [2.24, 2.45) is 17.6 Å². The number of rotatable bonds is 8. The molecule has 240 valence electrons. The van der Waals surface area contributed by atoms with E-state index in [0.717, 1.165) is 25.1 Å². The summed E-state index contributed by atoms with van der Waals surface area (Å²) in [4.78, 5) is 43.8. The van der Waals surface area contributed by atoms with E-state index in [4.69, 9.17) is 10.5 Å². The summed E-state index contributed by atoms with van der Waals surface area (Å²) in [5.74, 6) is -7.13. The molecule has 8 N–H and O–H groups in total. The zero-order chi connectivity index (χ0) is 32.5. The van der Waals surface area contributed by atoms with Gasteiger partial charge in [0.05, 0.1) is 18.2 Å². The van der Waals surface area contributed by atoms with Gasteiger partial charge in [-0.1, -0.05) is 12.1 Å². The van der Waals surface area contributed by atoms with Gasteiger partial charge in [0.2, 0.25) is 5.78 Å². The standard InChI is InChI=1S/C32H37N3O10/c1-34(2)24-20-10-15-9-19-22(26(39)21(15)29(41)32(20,44)30(42)23(27(24)40)31(33)43)25(38)18-8-14(11-35-6-3-7-35)4-5-17(18)28(19)45-13-16(37)12-36/h4-5,8,15-16,20,24,36-38,40-41,44H,3,6-7,9-13H2,1-2H3,(H2,33,43)/t15-,16?,20-,24-,32-/m0/s1. The number of primary amides is 1. The van der Waals surface area contributed by atoms with Crippen molar-refractivity contribution in [2.45, 2.75) is 43.6 Å². The topological polar surface area (TPSA) is 214 Å². The number of fused-ring (bicyclic) bond motifs is 4. The van der Waals surface area contributed by atoms with E-state index in [9.17, 15) is 45.0 Å². The summed E-state index contributed by atoms with van der Waals surface area (Å²) in [5.41, 5.74) is 2.52. The number of aliphatic hydroxyl groups is 5. The van der Waals surface area contributed by atoms with Crippen molar-refractivity contribution >= 4 is 28.2 Å². The first-order chi connectivity index (χ1) is 21.3. The molecule has 0 bridgehead atoms. The van der Waals surface area contributed by atoms with Gasteiger partial charge in [-0.25, -0.2) is 0 Å². The van der Waals surface area contributed by atoms with E-state index in [1.807, 2.05) is 6.07 Å². The van der Waals surface area contributed by atoms with Crippen LogP contribution >= 0.6 is 0 Å². The molecule has 0 radical (unpaired) electrons. The molecule has 1 fully saturated rings. The number of benzene rings is 2. The number of hydrogen-bond acceptors (Lipinski definition) is 12. The van der Waals surface area contributed by atoms with Crippen LogP contribution in [0.1, 0.15) is 34.3 Å². The van der Waals surface area contributed by atoms with Gasteiger partial charge in [0.1, 0.15) is 41.3 Å². The Kier molecular flexibility index (Phi) is 7.65. The maximum absolute atomic E-state index is 14.3. The van der Waals surface area contributed by atoms with Gasteiger partial charge >= 0.3 is 0 Å². The summed E-state index contributed by atoms with van der Waals surface area (Å²) in [5, 5.41) is 66.3. The number of nitrogens with two attached hydrogens (primary N) is 1. The molecular formula is C32H37N3O10. The van der Waals surface area contributed by atoms with Crippen molar-refractivity contribution in [3.05, 3.63) is 57.6 Å². The third-order valence-corrected chi connectivity index (χ3v) is 9.70. The minimum atomic E-state index is -2.74. The fourth-order valence-corrected chi connectivity index (χ4v) is 7.42. The molecular weight excluding hydrogens is 586 g/mol. The highest BCUT2D eigenvalue weighted by Gasteiger charge is 2.63. The van der Waals surface area contributed by atoms with E-state index in [-0.39, 0.29) is 42.1 Å². The van der Waals surface area contributed by atoms with E-state index >= 15 is 0 Å². The van der Waals surface area contributed by atoms with Crippen LogP contribution in [0, 0.1) is 11.8 Å². The SMILES string of the molecule is CN(C)[C@@H]1C(O)=C(C(N)=O)C(=O)[C@@]2(O)C(O)=C3C(=O)c4c(c(OCC(O)CO)c5ccc(CN6CCC6)cc5c4O)C[C@H]3C[C@@H]12. The second-order valence-electron chi connectivity index (χ2n) is 12.7. The van der Waals surface area contributed by atoms with Crippen LogP contribution in [0.25, 0.3) is 10.8 Å². The van der Waals surface area contributed by atoms with Gasteiger partial charge in [-0.3, -0.25) is 24.2 Å². The quantitative estimate of drug-likeness (QED) is 0.197. The van der Waals surface area contributed by atoms with Crippen molar-refractivity contribution in [3.8, 4) is 11.5 Å². The lowest BCUT2D eigenvalue weighted by Crippen LogP contribution is -2.63. The summed E-state index contributed by atoms with van der Waals surface area (Å²) < 4.78 is 6.02. The Morgan fingerprint density at radius 2 is 1.89 bits per heavy atom. The third kappa shape index (κ3) is 4.60. The number of Topliss-reactive ketones (excluding diaryl/α,β-unsaturated/α-hetero) is 2. The lowest BCUT2D eigenvalue weighted by atomic mass is 9.58. The van der Waals surface area contributed by atoms with Crippen molar-refractivity contribution in [2.75, 3.05) is 40.4 Å². The minimum absolute atomic E-state index is 0.0259. The molecule has 4 aliphatic rings. The Morgan fingerprint density at radius 3 is 2.49 bits per heavy atom. The monoisotopic (exact) mass is 623 g/mol. The van der Waals surface area contributed by atoms with Gasteiger partial charge in [-0.2, -0.15) is 0 Å². The first kappa shape index (κ1) is 31.0. The van der Waals surface area contributed by atoms with Crippen molar-refractivity contribution in [1.29, 1.82) is 0 Å². The smallest absolute Gasteiger partial charge is 0.255 e. The molecule has 0 saturated carbocycles. The number of carbonyl (C=O) groups excluding carboxylic acids is 3. The highest BCUT2D eigenvalue weighted by atomic mass is 16.5. The highest BCUT2D eigenvalue weighted by Crippen LogP contribution is 2.54. The summed E-state index contributed by atoms with van der Waals surface area (Å²) in [6.45, 7) is 1.64. The first-order valence-electron chi connectivity index (χ1n) is 14.9. The number of phenolic OH excluding ortho intramolecular Hbond substituents is 1. The van der Waals surface area contributed by atoms with Crippen LogP contribution in [-0.2, 0) is 22.6 Å². The van der Waals surface area contributed by atoms with Crippen molar-refractivity contribution in [3.63, 3.8) is 0 Å². The lowest BCUT2D eigenvalue weighted by molar-refractivity contribution is -0.148. The Hall–Kier alpha value is -4.01. The predicted molar refractivity (Wildman–Crippen MR) is 160 cm³/mol. The van der Waals surface area contributed by atoms with Crippen molar-refractivity contribution < 1.29 is 49.8 Å². The number of aliphatic hydroxyl groups excluding tert-OH is 4. The van der Waals surface area contributed by atoms with Gasteiger partial charge in [0, 0.05) is 34.4 Å². The molecule has 3 aliphatic carbocycles. The number of nitrogens with zero attached hydrogens (tertiary/aromatic N) is 2. The van der Waals surface area contributed by atoms with Crippen LogP contribution in [0.2, 0.25) is 0 Å². The van der Waals surface area contributed by atoms with Gasteiger partial charge < -0.3 is 41.1 Å². The Morgan fingerprint density at radius 1 is 1.18 bits per heavy atom. The number of likely N-dealkylation sites (tertiary alicyclic amines) is 1. The molecule has 1 aliphatic heterocycles.